The van der Waals surface area contributed by atoms with Gasteiger partial charge < -0.3 is 4.74 Å². The minimum atomic E-state index is 0.289. The van der Waals surface area contributed by atoms with Crippen molar-refractivity contribution in [3.8, 4) is 5.75 Å². The molecule has 1 aliphatic carbocycles. The van der Waals surface area contributed by atoms with Gasteiger partial charge in [0.25, 0.3) is 0 Å². The fourth-order valence-corrected chi connectivity index (χ4v) is 0.968. The zero-order valence-corrected chi connectivity index (χ0v) is 8.29. The molecule has 0 heterocycles. The van der Waals surface area contributed by atoms with E-state index < -0.39 is 0 Å². The lowest BCUT2D eigenvalue weighted by Gasteiger charge is -2.01. The summed E-state index contributed by atoms with van der Waals surface area (Å²) in [5.74, 6) is 0.941. The summed E-state index contributed by atoms with van der Waals surface area (Å²) in [6.07, 6.45) is 1.31. The van der Waals surface area contributed by atoms with E-state index in [-0.39, 0.29) is 6.10 Å². The van der Waals surface area contributed by atoms with E-state index in [4.69, 9.17) is 4.74 Å². The third kappa shape index (κ3) is 2.94. The summed E-state index contributed by atoms with van der Waals surface area (Å²) in [5.41, 5.74) is 1.20. The minimum absolute atomic E-state index is 0.289. The maximum Gasteiger partial charge on any atom is 0.123 e. The van der Waals surface area contributed by atoms with Crippen molar-refractivity contribution < 1.29 is 4.74 Å². The van der Waals surface area contributed by atoms with Gasteiger partial charge in [-0.25, -0.2) is 0 Å². The van der Waals surface area contributed by atoms with Crippen molar-refractivity contribution in [1.29, 1.82) is 0 Å². The lowest BCUT2D eigenvalue weighted by Crippen LogP contribution is -1.95. The van der Waals surface area contributed by atoms with Crippen LogP contribution in [0, 0.1) is 0 Å². The first-order valence-electron chi connectivity index (χ1n) is 4.75. The zero-order valence-electron chi connectivity index (χ0n) is 8.29. The Morgan fingerprint density at radius 3 is 2.23 bits per heavy atom. The van der Waals surface area contributed by atoms with E-state index in [0.29, 0.717) is 0 Å². The topological polar surface area (TPSA) is 9.23 Å². The number of rotatable bonds is 2. The summed E-state index contributed by atoms with van der Waals surface area (Å²) in [7, 11) is 0. The highest BCUT2D eigenvalue weighted by atomic mass is 16.5. The molecule has 1 aliphatic rings. The molecule has 2 rings (SSSR count). The van der Waals surface area contributed by atoms with Crippen LogP contribution in [-0.4, -0.2) is 6.10 Å². The summed E-state index contributed by atoms with van der Waals surface area (Å²) in [4.78, 5) is 0. The first-order valence-corrected chi connectivity index (χ1v) is 4.75. The number of benzene rings is 1. The fourth-order valence-electron chi connectivity index (χ4n) is 0.968. The van der Waals surface area contributed by atoms with Gasteiger partial charge in [0.2, 0.25) is 0 Å². The molecule has 0 bridgehead atoms. The molecule has 1 heteroatoms. The SMILES string of the molecule is C=C1CC1Oc1ccccc1.CC. The summed E-state index contributed by atoms with van der Waals surface area (Å²) in [6, 6.07) is 9.85. The third-order valence-corrected chi connectivity index (χ3v) is 1.76. The summed E-state index contributed by atoms with van der Waals surface area (Å²) >= 11 is 0. The van der Waals surface area contributed by atoms with Gasteiger partial charge in [-0.1, -0.05) is 38.6 Å². The molecule has 0 saturated heterocycles. The van der Waals surface area contributed by atoms with Crippen LogP contribution in [0.3, 0.4) is 0 Å². The Labute approximate surface area is 80.0 Å². The highest BCUT2D eigenvalue weighted by Crippen LogP contribution is 2.31. The van der Waals surface area contributed by atoms with Crippen molar-refractivity contribution in [2.45, 2.75) is 26.4 Å². The van der Waals surface area contributed by atoms with Gasteiger partial charge in [0.05, 0.1) is 0 Å². The van der Waals surface area contributed by atoms with Crippen molar-refractivity contribution in [3.63, 3.8) is 0 Å². The monoisotopic (exact) mass is 176 g/mol. The highest BCUT2D eigenvalue weighted by Gasteiger charge is 2.29. The normalized spacial score (nSPS) is 18.6. The Hall–Kier alpha value is -1.24. The molecule has 1 fully saturated rings. The lowest BCUT2D eigenvalue weighted by molar-refractivity contribution is 0.314. The van der Waals surface area contributed by atoms with Crippen LogP contribution in [0.5, 0.6) is 5.75 Å². The molecule has 0 N–H and O–H groups in total. The second-order valence-electron chi connectivity index (χ2n) is 2.78. The van der Waals surface area contributed by atoms with Gasteiger partial charge >= 0.3 is 0 Å². The average Bonchev–Trinajstić information content (AvgIpc) is 2.87. The van der Waals surface area contributed by atoms with Crippen LogP contribution in [-0.2, 0) is 0 Å². The third-order valence-electron chi connectivity index (χ3n) is 1.76. The van der Waals surface area contributed by atoms with Crippen LogP contribution in [0.2, 0.25) is 0 Å². The number of para-hydroxylation sites is 1. The Balaban J connectivity index is 0.000000396. The predicted octanol–water partition coefficient (Wildman–Crippen LogP) is 3.42. The zero-order chi connectivity index (χ0) is 9.68. The van der Waals surface area contributed by atoms with E-state index in [2.05, 4.69) is 6.58 Å². The quantitative estimate of drug-likeness (QED) is 0.627. The van der Waals surface area contributed by atoms with Gasteiger partial charge in [-0.05, 0) is 17.7 Å². The smallest absolute Gasteiger partial charge is 0.123 e. The highest BCUT2D eigenvalue weighted by molar-refractivity contribution is 5.28. The van der Waals surface area contributed by atoms with Crippen LogP contribution >= 0.6 is 0 Å². The van der Waals surface area contributed by atoms with Crippen molar-refractivity contribution in [1.82, 2.24) is 0 Å². The van der Waals surface area contributed by atoms with E-state index >= 15 is 0 Å². The van der Waals surface area contributed by atoms with Crippen molar-refractivity contribution in [2.24, 2.45) is 0 Å². The summed E-state index contributed by atoms with van der Waals surface area (Å²) in [5, 5.41) is 0. The van der Waals surface area contributed by atoms with Gasteiger partial charge in [-0.3, -0.25) is 0 Å². The Bertz CT molecular complexity index is 264. The van der Waals surface area contributed by atoms with Crippen LogP contribution in [0.25, 0.3) is 0 Å². The Morgan fingerprint density at radius 1 is 1.23 bits per heavy atom. The van der Waals surface area contributed by atoms with Gasteiger partial charge in [-0.15, -0.1) is 0 Å². The van der Waals surface area contributed by atoms with E-state index in [9.17, 15) is 0 Å². The van der Waals surface area contributed by atoms with Crippen LogP contribution in [0.15, 0.2) is 42.5 Å². The number of ether oxygens (including phenoxy) is 1. The number of hydrogen-bond donors (Lipinski definition) is 0. The first kappa shape index (κ1) is 9.85. The molecule has 1 nitrogen and oxygen atoms in total. The minimum Gasteiger partial charge on any atom is -0.486 e. The molecule has 1 aromatic rings. The van der Waals surface area contributed by atoms with Gasteiger partial charge in [-0.2, -0.15) is 0 Å². The van der Waals surface area contributed by atoms with Crippen LogP contribution in [0.4, 0.5) is 0 Å². The van der Waals surface area contributed by atoms with E-state index in [0.717, 1.165) is 12.2 Å². The van der Waals surface area contributed by atoms with E-state index in [1.165, 1.54) is 5.57 Å². The summed E-state index contributed by atoms with van der Waals surface area (Å²) in [6.45, 7) is 7.82. The second-order valence-corrected chi connectivity index (χ2v) is 2.78. The molecule has 1 aromatic carbocycles. The van der Waals surface area contributed by atoms with Crippen LogP contribution < -0.4 is 4.74 Å². The Kier molecular flexibility index (Phi) is 3.56. The van der Waals surface area contributed by atoms with Gasteiger partial charge in [0.1, 0.15) is 11.9 Å². The molecule has 0 radical (unpaired) electrons. The van der Waals surface area contributed by atoms with Crippen molar-refractivity contribution in [2.75, 3.05) is 0 Å². The van der Waals surface area contributed by atoms with E-state index in [1.54, 1.807) is 0 Å². The molecule has 1 atom stereocenters. The van der Waals surface area contributed by atoms with Gasteiger partial charge in [0, 0.05) is 6.42 Å². The van der Waals surface area contributed by atoms with Crippen molar-refractivity contribution >= 4 is 0 Å². The molecule has 13 heavy (non-hydrogen) atoms. The first-order chi connectivity index (χ1) is 6.36. The molecular formula is C12H16O. The van der Waals surface area contributed by atoms with Crippen molar-refractivity contribution in [3.05, 3.63) is 42.5 Å². The Morgan fingerprint density at radius 2 is 1.77 bits per heavy atom. The molecule has 0 amide bonds. The maximum atomic E-state index is 5.54. The average molecular weight is 176 g/mol. The molecule has 0 spiro atoms. The van der Waals surface area contributed by atoms with E-state index in [1.807, 2.05) is 44.2 Å². The molecule has 1 unspecified atom stereocenters. The standard InChI is InChI=1S/C10H10O.C2H6/c1-8-7-10(8)11-9-5-3-2-4-6-9;1-2/h2-6,10H,1,7H2;1-2H3. The molecule has 0 aliphatic heterocycles. The largest absolute Gasteiger partial charge is 0.486 e. The lowest BCUT2D eigenvalue weighted by atomic mass is 10.3. The predicted molar refractivity (Wildman–Crippen MR) is 56.0 cm³/mol. The van der Waals surface area contributed by atoms with Gasteiger partial charge in [0.15, 0.2) is 0 Å². The molecule has 70 valence electrons. The fraction of sp³-hybridized carbons (Fsp3) is 0.333. The maximum absolute atomic E-state index is 5.54. The number of hydrogen-bond acceptors (Lipinski definition) is 1. The molecule has 0 aromatic heterocycles. The summed E-state index contributed by atoms with van der Waals surface area (Å²) < 4.78 is 5.54. The second kappa shape index (κ2) is 4.70. The molecule has 1 saturated carbocycles. The van der Waals surface area contributed by atoms with Crippen LogP contribution in [0.1, 0.15) is 20.3 Å². The molecular weight excluding hydrogens is 160 g/mol.